The highest BCUT2D eigenvalue weighted by Gasteiger charge is 1.60. The Kier molecular flexibility index (Phi) is 7.85. The summed E-state index contributed by atoms with van der Waals surface area (Å²) in [6, 6.07) is 0. The van der Waals surface area contributed by atoms with Crippen molar-refractivity contribution in [1.82, 2.24) is 0 Å². The molecule has 0 aromatic carbocycles. The van der Waals surface area contributed by atoms with E-state index in [0.717, 1.165) is 0 Å². The van der Waals surface area contributed by atoms with E-state index in [9.17, 15) is 0 Å². The molecule has 50 valence electrons. The molecule has 0 rings (SSSR count). The summed E-state index contributed by atoms with van der Waals surface area (Å²) in [5.74, 6) is 0. The Labute approximate surface area is 58.6 Å². The van der Waals surface area contributed by atoms with Gasteiger partial charge < -0.3 is 0 Å². The number of thiol groups is 2. The minimum Gasteiger partial charge on any atom is -0.156 e. The molecule has 0 saturated heterocycles. The van der Waals surface area contributed by atoms with Crippen LogP contribution in [0.2, 0.25) is 0 Å². The standard InChI is InChI=1S/C6H14S2/c1-3-5-7-8-6-4-2/h5-8H,3-4H2,1-2H3. The second-order valence-corrected chi connectivity index (χ2v) is 3.99. The van der Waals surface area contributed by atoms with Crippen LogP contribution in [0.25, 0.3) is 0 Å². The molecular weight excluding hydrogens is 136 g/mol. The van der Waals surface area contributed by atoms with Crippen LogP contribution in [0.4, 0.5) is 0 Å². The first-order chi connectivity index (χ1) is 3.91. The molecule has 0 aromatic rings. The van der Waals surface area contributed by atoms with Gasteiger partial charge >= 0.3 is 0 Å². The smallest absolute Gasteiger partial charge is 0.0319 e. The highest BCUT2D eigenvalue weighted by Crippen LogP contribution is 1.99. The summed E-state index contributed by atoms with van der Waals surface area (Å²) in [5, 5.41) is 4.57. The molecular formula is C6H14S2. The van der Waals surface area contributed by atoms with Gasteiger partial charge in [-0.15, -0.1) is 0 Å². The van der Waals surface area contributed by atoms with E-state index in [1.54, 1.807) is 0 Å². The molecule has 0 fully saturated rings. The van der Waals surface area contributed by atoms with Gasteiger partial charge in [0.15, 0.2) is 0 Å². The zero-order chi connectivity index (χ0) is 6.24. The van der Waals surface area contributed by atoms with Gasteiger partial charge in [-0.05, 0) is 12.8 Å². The van der Waals surface area contributed by atoms with E-state index in [-0.39, 0.29) is 0 Å². The fourth-order valence-electron chi connectivity index (χ4n) is 0.258. The van der Waals surface area contributed by atoms with Crippen LogP contribution in [0.15, 0.2) is 0 Å². The van der Waals surface area contributed by atoms with Crippen molar-refractivity contribution in [2.24, 2.45) is 0 Å². The monoisotopic (exact) mass is 150 g/mol. The van der Waals surface area contributed by atoms with Gasteiger partial charge in [0.1, 0.15) is 0 Å². The number of hydrogen-bond donors (Lipinski definition) is 2. The molecule has 0 saturated carbocycles. The van der Waals surface area contributed by atoms with Crippen LogP contribution in [0.5, 0.6) is 0 Å². The third-order valence-corrected chi connectivity index (χ3v) is 3.17. The summed E-state index contributed by atoms with van der Waals surface area (Å²) in [4.78, 5) is 0. The maximum Gasteiger partial charge on any atom is -0.0319 e. The van der Waals surface area contributed by atoms with E-state index in [4.69, 9.17) is 0 Å². The average Bonchev–Trinajstić information content (AvgIpc) is 1.81. The van der Waals surface area contributed by atoms with Gasteiger partial charge in [-0.3, -0.25) is 0 Å². The number of rotatable bonds is 3. The third-order valence-electron chi connectivity index (χ3n) is 0.595. The van der Waals surface area contributed by atoms with Gasteiger partial charge in [-0.1, -0.05) is 24.6 Å². The predicted octanol–water partition coefficient (Wildman–Crippen LogP) is 2.26. The first-order valence-electron chi connectivity index (χ1n) is 2.95. The van der Waals surface area contributed by atoms with Gasteiger partial charge in [0.2, 0.25) is 0 Å². The predicted molar refractivity (Wildman–Crippen MR) is 50.7 cm³/mol. The maximum absolute atomic E-state index is 2.29. The molecule has 0 nitrogen and oxygen atoms in total. The fraction of sp³-hybridized carbons (Fsp3) is 0.667. The van der Waals surface area contributed by atoms with E-state index < -0.39 is 0 Å². The Hall–Kier alpha value is 0.440. The second kappa shape index (κ2) is 7.44. The van der Waals surface area contributed by atoms with Crippen molar-refractivity contribution in [3.63, 3.8) is 0 Å². The van der Waals surface area contributed by atoms with Gasteiger partial charge in [-0.25, -0.2) is 0 Å². The Morgan fingerprint density at radius 3 is 1.62 bits per heavy atom. The van der Waals surface area contributed by atoms with E-state index in [1.807, 2.05) is 0 Å². The average molecular weight is 150 g/mol. The Bertz CT molecular complexity index is 72.5. The van der Waals surface area contributed by atoms with Crippen LogP contribution >= 0.6 is 20.8 Å². The molecule has 0 atom stereocenters. The topological polar surface area (TPSA) is 0 Å². The first kappa shape index (κ1) is 8.44. The quantitative estimate of drug-likeness (QED) is 0.344. The van der Waals surface area contributed by atoms with Crippen LogP contribution < -0.4 is 0 Å². The van der Waals surface area contributed by atoms with Crippen LogP contribution in [0.3, 0.4) is 0 Å². The number of hydrogen-bond acceptors (Lipinski definition) is 0. The minimum absolute atomic E-state index is 1.20. The van der Waals surface area contributed by atoms with Gasteiger partial charge in [0.05, 0.1) is 0 Å². The highest BCUT2D eigenvalue weighted by atomic mass is 33.1. The Balaban J connectivity index is 3.13. The van der Waals surface area contributed by atoms with Crippen molar-refractivity contribution in [2.75, 3.05) is 0 Å². The van der Waals surface area contributed by atoms with Gasteiger partial charge in [0, 0.05) is 0 Å². The molecule has 0 aliphatic carbocycles. The Morgan fingerprint density at radius 2 is 1.38 bits per heavy atom. The summed E-state index contributed by atoms with van der Waals surface area (Å²) < 4.78 is 0. The molecule has 0 unspecified atom stereocenters. The van der Waals surface area contributed by atoms with E-state index >= 15 is 0 Å². The molecule has 0 aliphatic rings. The van der Waals surface area contributed by atoms with Gasteiger partial charge in [-0.2, -0.15) is 20.8 Å². The summed E-state index contributed by atoms with van der Waals surface area (Å²) in [6.45, 7) is 4.35. The molecule has 0 bridgehead atoms. The maximum atomic E-state index is 2.29. The lowest BCUT2D eigenvalue weighted by Gasteiger charge is -1.76. The van der Waals surface area contributed by atoms with Crippen molar-refractivity contribution < 1.29 is 0 Å². The first-order valence-corrected chi connectivity index (χ1v) is 5.58. The molecule has 0 aromatic heterocycles. The minimum atomic E-state index is 1.20. The lowest BCUT2D eigenvalue weighted by Crippen LogP contribution is -1.57. The van der Waals surface area contributed by atoms with Crippen LogP contribution in [0.1, 0.15) is 26.7 Å². The lowest BCUT2D eigenvalue weighted by atomic mass is 10.6. The summed E-state index contributed by atoms with van der Waals surface area (Å²) >= 11 is 0. The highest BCUT2D eigenvalue weighted by molar-refractivity contribution is 8.73. The Morgan fingerprint density at radius 1 is 1.00 bits per heavy atom. The molecule has 2 heteroatoms. The van der Waals surface area contributed by atoms with Crippen LogP contribution in [-0.2, 0) is 0 Å². The molecule has 0 spiro atoms. The van der Waals surface area contributed by atoms with Crippen molar-refractivity contribution in [1.29, 1.82) is 0 Å². The fourth-order valence-corrected chi connectivity index (χ4v) is 2.32. The molecule has 0 amide bonds. The zero-order valence-electron chi connectivity index (χ0n) is 5.46. The van der Waals surface area contributed by atoms with Gasteiger partial charge in [0.25, 0.3) is 0 Å². The lowest BCUT2D eigenvalue weighted by molar-refractivity contribution is 1.35. The van der Waals surface area contributed by atoms with Crippen molar-refractivity contribution >= 4 is 31.5 Å². The third kappa shape index (κ3) is 6.44. The summed E-state index contributed by atoms with van der Waals surface area (Å²) in [7, 11) is 2.90. The SMILES string of the molecule is CCC=[SH][SH]=CCC. The molecule has 8 heavy (non-hydrogen) atoms. The second-order valence-electron chi connectivity index (χ2n) is 1.41. The normalized spacial score (nSPS) is 13.8. The molecule has 0 N–H and O–H groups in total. The van der Waals surface area contributed by atoms with Crippen LogP contribution in [0, 0.1) is 0 Å². The van der Waals surface area contributed by atoms with Crippen molar-refractivity contribution in [3.8, 4) is 0 Å². The summed E-state index contributed by atoms with van der Waals surface area (Å²) in [5.41, 5.74) is 0. The van der Waals surface area contributed by atoms with Crippen LogP contribution in [-0.4, -0.2) is 10.7 Å². The van der Waals surface area contributed by atoms with E-state index in [1.165, 1.54) is 33.6 Å². The van der Waals surface area contributed by atoms with Crippen molar-refractivity contribution in [2.45, 2.75) is 26.7 Å². The summed E-state index contributed by atoms with van der Waals surface area (Å²) in [6.07, 6.45) is 2.40. The van der Waals surface area contributed by atoms with Crippen molar-refractivity contribution in [3.05, 3.63) is 0 Å². The zero-order valence-corrected chi connectivity index (χ0v) is 7.25. The molecule has 0 heterocycles. The molecule has 0 aliphatic heterocycles. The molecule has 0 radical (unpaired) electrons. The largest absolute Gasteiger partial charge is 0.156 e. The van der Waals surface area contributed by atoms with E-state index in [0.29, 0.717) is 0 Å². The van der Waals surface area contributed by atoms with E-state index in [2.05, 4.69) is 24.6 Å².